The molecule has 1 aromatic carbocycles. The van der Waals surface area contributed by atoms with Gasteiger partial charge in [0.1, 0.15) is 0 Å². The Kier molecular flexibility index (Phi) is 4.34. The van der Waals surface area contributed by atoms with Crippen LogP contribution in [0.25, 0.3) is 0 Å². The molecule has 0 aliphatic heterocycles. The molecule has 20 heavy (non-hydrogen) atoms. The number of rotatable bonds is 4. The Labute approximate surface area is 122 Å². The van der Waals surface area contributed by atoms with Crippen molar-refractivity contribution >= 4 is 23.4 Å². The highest BCUT2D eigenvalue weighted by Crippen LogP contribution is 2.32. The van der Waals surface area contributed by atoms with Gasteiger partial charge in [-0.1, -0.05) is 11.8 Å². The van der Waals surface area contributed by atoms with Gasteiger partial charge < -0.3 is 10.5 Å². The molecule has 0 spiro atoms. The number of aromatic nitrogens is 2. The third-order valence-corrected chi connectivity index (χ3v) is 3.84. The zero-order chi connectivity index (χ0) is 14.7. The van der Waals surface area contributed by atoms with E-state index in [1.807, 2.05) is 26.1 Å². The Balaban J connectivity index is 2.36. The van der Waals surface area contributed by atoms with Crippen LogP contribution in [0.5, 0.6) is 0 Å². The molecule has 2 N–H and O–H groups in total. The van der Waals surface area contributed by atoms with E-state index in [0.29, 0.717) is 17.9 Å². The fourth-order valence-electron chi connectivity index (χ4n) is 1.80. The van der Waals surface area contributed by atoms with Crippen molar-refractivity contribution in [3.05, 3.63) is 35.5 Å². The molecule has 1 aromatic heterocycles. The zero-order valence-electron chi connectivity index (χ0n) is 11.7. The number of benzene rings is 1. The minimum atomic E-state index is -0.360. The van der Waals surface area contributed by atoms with Gasteiger partial charge in [0, 0.05) is 17.6 Å². The summed E-state index contributed by atoms with van der Waals surface area (Å²) in [6, 6.07) is 7.21. The van der Waals surface area contributed by atoms with Gasteiger partial charge in [-0.05, 0) is 38.1 Å². The molecule has 0 saturated heterocycles. The average molecular weight is 291 g/mol. The fourth-order valence-corrected chi connectivity index (χ4v) is 2.82. The summed E-state index contributed by atoms with van der Waals surface area (Å²) in [5, 5.41) is 5.25. The molecule has 0 saturated carbocycles. The molecule has 0 fully saturated rings. The number of aryl methyl sites for hydroxylation is 2. The maximum atomic E-state index is 12.0. The second kappa shape index (κ2) is 6.00. The van der Waals surface area contributed by atoms with Crippen LogP contribution in [0, 0.1) is 6.92 Å². The lowest BCUT2D eigenvalue weighted by atomic mass is 10.2. The quantitative estimate of drug-likeness (QED) is 0.692. The maximum Gasteiger partial charge on any atom is 0.339 e. The number of nitrogens with two attached hydrogens (primary N) is 1. The number of carbonyl (C=O) groups is 1. The number of nitrogen functional groups attached to an aromatic ring is 1. The van der Waals surface area contributed by atoms with Gasteiger partial charge in [0.25, 0.3) is 0 Å². The molecule has 2 rings (SSSR count). The molecular formula is C14H17N3O2S. The molecule has 106 valence electrons. The van der Waals surface area contributed by atoms with Gasteiger partial charge in [0.15, 0.2) is 0 Å². The topological polar surface area (TPSA) is 70.1 Å². The molecule has 2 aromatic rings. The van der Waals surface area contributed by atoms with Crippen LogP contribution in [-0.4, -0.2) is 22.4 Å². The third kappa shape index (κ3) is 3.14. The van der Waals surface area contributed by atoms with Gasteiger partial charge in [-0.3, -0.25) is 4.68 Å². The molecule has 0 radical (unpaired) electrons. The molecule has 0 unspecified atom stereocenters. The van der Waals surface area contributed by atoms with Crippen molar-refractivity contribution in [2.45, 2.75) is 23.8 Å². The largest absolute Gasteiger partial charge is 0.462 e. The van der Waals surface area contributed by atoms with Gasteiger partial charge in [0.2, 0.25) is 0 Å². The van der Waals surface area contributed by atoms with E-state index in [1.165, 1.54) is 11.8 Å². The maximum absolute atomic E-state index is 12.0. The molecular weight excluding hydrogens is 274 g/mol. The van der Waals surface area contributed by atoms with Crippen LogP contribution in [0.3, 0.4) is 0 Å². The van der Waals surface area contributed by atoms with Crippen molar-refractivity contribution in [2.75, 3.05) is 12.3 Å². The lowest BCUT2D eigenvalue weighted by Gasteiger charge is -2.09. The number of esters is 1. The summed E-state index contributed by atoms with van der Waals surface area (Å²) in [4.78, 5) is 12.8. The van der Waals surface area contributed by atoms with E-state index in [-0.39, 0.29) is 5.97 Å². The molecule has 0 aliphatic carbocycles. The average Bonchev–Trinajstić information content (AvgIpc) is 2.70. The number of hydrogen-bond acceptors (Lipinski definition) is 5. The Morgan fingerprint density at radius 3 is 2.80 bits per heavy atom. The standard InChI is InChI=1S/C14H17N3O2S/c1-4-19-14(18)11-8-10(15)5-6-12(11)20-13-7-9(2)16-17(13)3/h5-8H,4,15H2,1-3H3. The lowest BCUT2D eigenvalue weighted by molar-refractivity contribution is 0.0522. The van der Waals surface area contributed by atoms with Gasteiger partial charge in [0.05, 0.1) is 22.9 Å². The Morgan fingerprint density at radius 1 is 1.45 bits per heavy atom. The second-order valence-corrected chi connectivity index (χ2v) is 5.39. The van der Waals surface area contributed by atoms with E-state index in [0.717, 1.165) is 15.6 Å². The van der Waals surface area contributed by atoms with E-state index in [2.05, 4.69) is 5.10 Å². The van der Waals surface area contributed by atoms with E-state index >= 15 is 0 Å². The summed E-state index contributed by atoms with van der Waals surface area (Å²) < 4.78 is 6.85. The van der Waals surface area contributed by atoms with E-state index in [1.54, 1.807) is 23.7 Å². The summed E-state index contributed by atoms with van der Waals surface area (Å²) in [6.45, 7) is 4.04. The van der Waals surface area contributed by atoms with Gasteiger partial charge >= 0.3 is 5.97 Å². The zero-order valence-corrected chi connectivity index (χ0v) is 12.5. The molecule has 0 bridgehead atoms. The smallest absolute Gasteiger partial charge is 0.339 e. The van der Waals surface area contributed by atoms with Crippen LogP contribution in [0.2, 0.25) is 0 Å². The number of carbonyl (C=O) groups excluding carboxylic acids is 1. The molecule has 0 aliphatic rings. The first-order valence-electron chi connectivity index (χ1n) is 6.26. The van der Waals surface area contributed by atoms with Crippen molar-refractivity contribution in [3.8, 4) is 0 Å². The lowest BCUT2D eigenvalue weighted by Crippen LogP contribution is -2.07. The normalized spacial score (nSPS) is 10.6. The van der Waals surface area contributed by atoms with E-state index < -0.39 is 0 Å². The molecule has 6 heteroatoms. The Bertz CT molecular complexity index is 637. The Hall–Kier alpha value is -1.95. The van der Waals surface area contributed by atoms with Crippen molar-refractivity contribution in [2.24, 2.45) is 7.05 Å². The summed E-state index contributed by atoms with van der Waals surface area (Å²) in [5.74, 6) is -0.360. The van der Waals surface area contributed by atoms with E-state index in [4.69, 9.17) is 10.5 Å². The van der Waals surface area contributed by atoms with Crippen molar-refractivity contribution in [3.63, 3.8) is 0 Å². The molecule has 1 heterocycles. The van der Waals surface area contributed by atoms with Gasteiger partial charge in [-0.25, -0.2) is 4.79 Å². The number of anilines is 1. The predicted octanol–water partition coefficient (Wildman–Crippen LogP) is 2.64. The van der Waals surface area contributed by atoms with Crippen LogP contribution in [0.1, 0.15) is 23.0 Å². The van der Waals surface area contributed by atoms with E-state index in [9.17, 15) is 4.79 Å². The molecule has 5 nitrogen and oxygen atoms in total. The highest BCUT2D eigenvalue weighted by atomic mass is 32.2. The fraction of sp³-hybridized carbons (Fsp3) is 0.286. The highest BCUT2D eigenvalue weighted by molar-refractivity contribution is 7.99. The summed E-state index contributed by atoms with van der Waals surface area (Å²) >= 11 is 1.47. The van der Waals surface area contributed by atoms with Crippen molar-refractivity contribution in [1.29, 1.82) is 0 Å². The third-order valence-electron chi connectivity index (χ3n) is 2.67. The first kappa shape index (κ1) is 14.5. The van der Waals surface area contributed by atoms with Crippen LogP contribution >= 0.6 is 11.8 Å². The molecule has 0 atom stereocenters. The molecule has 0 amide bonds. The number of nitrogens with zero attached hydrogens (tertiary/aromatic N) is 2. The summed E-state index contributed by atoms with van der Waals surface area (Å²) in [7, 11) is 1.87. The van der Waals surface area contributed by atoms with Crippen LogP contribution in [-0.2, 0) is 11.8 Å². The first-order valence-corrected chi connectivity index (χ1v) is 7.08. The first-order chi connectivity index (χ1) is 9.51. The van der Waals surface area contributed by atoms with Crippen molar-refractivity contribution in [1.82, 2.24) is 9.78 Å². The highest BCUT2D eigenvalue weighted by Gasteiger charge is 2.15. The predicted molar refractivity (Wildman–Crippen MR) is 78.9 cm³/mol. The van der Waals surface area contributed by atoms with Gasteiger partial charge in [-0.15, -0.1) is 0 Å². The van der Waals surface area contributed by atoms with Crippen LogP contribution in [0.15, 0.2) is 34.2 Å². The SMILES string of the molecule is CCOC(=O)c1cc(N)ccc1Sc1cc(C)nn1C. The minimum absolute atomic E-state index is 0.336. The summed E-state index contributed by atoms with van der Waals surface area (Å²) in [5.41, 5.74) is 7.71. The van der Waals surface area contributed by atoms with Crippen molar-refractivity contribution < 1.29 is 9.53 Å². The van der Waals surface area contributed by atoms with Crippen LogP contribution < -0.4 is 5.73 Å². The summed E-state index contributed by atoms with van der Waals surface area (Å²) in [6.07, 6.45) is 0. The number of ether oxygens (including phenoxy) is 1. The number of hydrogen-bond donors (Lipinski definition) is 1. The monoisotopic (exact) mass is 291 g/mol. The Morgan fingerprint density at radius 2 is 2.20 bits per heavy atom. The van der Waals surface area contributed by atoms with Gasteiger partial charge in [-0.2, -0.15) is 5.10 Å². The van der Waals surface area contributed by atoms with Crippen LogP contribution in [0.4, 0.5) is 5.69 Å². The second-order valence-electron chi connectivity index (χ2n) is 4.33. The minimum Gasteiger partial charge on any atom is -0.462 e.